The summed E-state index contributed by atoms with van der Waals surface area (Å²) < 4.78 is 0. The molecule has 0 bridgehead atoms. The maximum absolute atomic E-state index is 11.2. The third kappa shape index (κ3) is 1.59. The third-order valence-electron chi connectivity index (χ3n) is 4.90. The average Bonchev–Trinajstić information content (AvgIpc) is 2.60. The van der Waals surface area contributed by atoms with Gasteiger partial charge in [-0.25, -0.2) is 0 Å². The van der Waals surface area contributed by atoms with Gasteiger partial charge in [-0.3, -0.25) is 0 Å². The Morgan fingerprint density at radius 2 is 1.22 bits per heavy atom. The largest absolute Gasteiger partial charge is 0.303 e. The van der Waals surface area contributed by atoms with E-state index >= 15 is 0 Å². The smallest absolute Gasteiger partial charge is 0.124 e. The number of carbonyl (C=O) groups excluding carboxylic acids is 1. The molecule has 0 unspecified atom stereocenters. The van der Waals surface area contributed by atoms with E-state index in [1.54, 1.807) is 0 Å². The molecule has 1 heteroatoms. The van der Waals surface area contributed by atoms with Gasteiger partial charge in [0.25, 0.3) is 0 Å². The summed E-state index contributed by atoms with van der Waals surface area (Å²) in [5.74, 6) is 0. The molecule has 23 heavy (non-hydrogen) atoms. The molecule has 0 spiro atoms. The summed E-state index contributed by atoms with van der Waals surface area (Å²) in [4.78, 5) is 11.2. The Balaban J connectivity index is 2.22. The number of hydrogen-bond donors (Lipinski definition) is 0. The van der Waals surface area contributed by atoms with Gasteiger partial charge in [0.2, 0.25) is 0 Å². The van der Waals surface area contributed by atoms with E-state index in [1.807, 2.05) is 0 Å². The van der Waals surface area contributed by atoms with Crippen molar-refractivity contribution in [2.24, 2.45) is 0 Å². The first kappa shape index (κ1) is 12.6. The highest BCUT2D eigenvalue weighted by atomic mass is 16.1. The van der Waals surface area contributed by atoms with E-state index < -0.39 is 0 Å². The van der Waals surface area contributed by atoms with Crippen molar-refractivity contribution in [2.75, 3.05) is 0 Å². The zero-order valence-electron chi connectivity index (χ0n) is 12.5. The number of hydrogen-bond acceptors (Lipinski definition) is 1. The van der Waals surface area contributed by atoms with Crippen LogP contribution in [0.4, 0.5) is 0 Å². The molecule has 5 aromatic carbocycles. The van der Waals surface area contributed by atoms with Crippen molar-refractivity contribution in [1.29, 1.82) is 0 Å². The van der Waals surface area contributed by atoms with Gasteiger partial charge in [0.1, 0.15) is 6.29 Å². The predicted molar refractivity (Wildman–Crippen MR) is 97.4 cm³/mol. The molecular weight excluding hydrogens is 280 g/mol. The first-order chi connectivity index (χ1) is 11.4. The van der Waals surface area contributed by atoms with E-state index in [9.17, 15) is 4.79 Å². The number of benzene rings is 5. The number of fused-ring (bicyclic) bond motifs is 2. The van der Waals surface area contributed by atoms with E-state index in [2.05, 4.69) is 66.7 Å². The lowest BCUT2D eigenvalue weighted by atomic mass is 9.87. The lowest BCUT2D eigenvalue weighted by Gasteiger charge is -2.16. The fraction of sp³-hybridized carbons (Fsp3) is 0.0455. The van der Waals surface area contributed by atoms with E-state index in [1.165, 1.54) is 43.1 Å². The molecule has 0 fully saturated rings. The Kier molecular flexibility index (Phi) is 2.48. The molecule has 0 aromatic heterocycles. The van der Waals surface area contributed by atoms with Gasteiger partial charge >= 0.3 is 0 Å². The summed E-state index contributed by atoms with van der Waals surface area (Å²) >= 11 is 0. The number of aldehydes is 1. The Morgan fingerprint density at radius 3 is 1.91 bits per heavy atom. The quantitative estimate of drug-likeness (QED) is 0.239. The molecule has 1 nitrogen and oxygen atoms in total. The summed E-state index contributed by atoms with van der Waals surface area (Å²) in [6.45, 7) is 0. The second-order valence-electron chi connectivity index (χ2n) is 6.08. The molecule has 0 amide bonds. The Hall–Kier alpha value is -2.93. The van der Waals surface area contributed by atoms with Gasteiger partial charge in [-0.15, -0.1) is 0 Å². The van der Waals surface area contributed by atoms with Crippen molar-refractivity contribution in [1.82, 2.24) is 0 Å². The highest BCUT2D eigenvalue weighted by molar-refractivity contribution is 6.33. The van der Waals surface area contributed by atoms with Gasteiger partial charge in [-0.05, 0) is 48.7 Å². The molecular formula is C22H14O. The van der Waals surface area contributed by atoms with Crippen LogP contribution < -0.4 is 0 Å². The highest BCUT2D eigenvalue weighted by Gasteiger charge is 2.14. The molecule has 5 aromatic rings. The summed E-state index contributed by atoms with van der Waals surface area (Å²) in [6.07, 6.45) is 1.46. The SMILES string of the molecule is O=CCc1ccc2cccc3c4cccc5cccc(c1c23)c54. The maximum Gasteiger partial charge on any atom is 0.124 e. The Labute approximate surface area is 133 Å². The van der Waals surface area contributed by atoms with Crippen molar-refractivity contribution in [3.05, 3.63) is 72.3 Å². The monoisotopic (exact) mass is 294 g/mol. The van der Waals surface area contributed by atoms with Gasteiger partial charge in [-0.2, -0.15) is 0 Å². The van der Waals surface area contributed by atoms with Crippen molar-refractivity contribution >= 4 is 49.4 Å². The lowest BCUT2D eigenvalue weighted by molar-refractivity contribution is -0.107. The fourth-order valence-corrected chi connectivity index (χ4v) is 3.99. The minimum atomic E-state index is 0.457. The highest BCUT2D eigenvalue weighted by Crippen LogP contribution is 2.41. The molecule has 0 heterocycles. The zero-order chi connectivity index (χ0) is 15.4. The molecule has 0 saturated carbocycles. The van der Waals surface area contributed by atoms with Gasteiger partial charge in [0.05, 0.1) is 0 Å². The minimum absolute atomic E-state index is 0.457. The molecule has 5 rings (SSSR count). The molecule has 108 valence electrons. The van der Waals surface area contributed by atoms with Gasteiger partial charge < -0.3 is 4.79 Å². The summed E-state index contributed by atoms with van der Waals surface area (Å²) in [7, 11) is 0. The molecule has 0 aliphatic heterocycles. The second kappa shape index (κ2) is 4.53. The molecule has 0 radical (unpaired) electrons. The van der Waals surface area contributed by atoms with E-state index in [0.717, 1.165) is 11.8 Å². The topological polar surface area (TPSA) is 17.1 Å². The maximum atomic E-state index is 11.2. The zero-order valence-corrected chi connectivity index (χ0v) is 12.5. The third-order valence-corrected chi connectivity index (χ3v) is 4.90. The second-order valence-corrected chi connectivity index (χ2v) is 6.08. The van der Waals surface area contributed by atoms with Crippen LogP contribution in [0, 0.1) is 0 Å². The van der Waals surface area contributed by atoms with Crippen LogP contribution in [0.25, 0.3) is 43.1 Å². The van der Waals surface area contributed by atoms with Crippen LogP contribution in [-0.4, -0.2) is 6.29 Å². The Morgan fingerprint density at radius 1 is 0.609 bits per heavy atom. The van der Waals surface area contributed by atoms with Crippen molar-refractivity contribution in [3.63, 3.8) is 0 Å². The molecule has 0 aliphatic carbocycles. The van der Waals surface area contributed by atoms with Crippen molar-refractivity contribution < 1.29 is 4.79 Å². The van der Waals surface area contributed by atoms with Crippen LogP contribution in [-0.2, 0) is 11.2 Å². The van der Waals surface area contributed by atoms with Crippen LogP contribution in [0.5, 0.6) is 0 Å². The number of carbonyl (C=O) groups is 1. The Bertz CT molecular complexity index is 1200. The summed E-state index contributed by atoms with van der Waals surface area (Å²) in [5, 5.41) is 10.1. The van der Waals surface area contributed by atoms with Crippen LogP contribution in [0.1, 0.15) is 5.56 Å². The molecule has 0 saturated heterocycles. The minimum Gasteiger partial charge on any atom is -0.303 e. The van der Waals surface area contributed by atoms with Crippen LogP contribution in [0.3, 0.4) is 0 Å². The van der Waals surface area contributed by atoms with Crippen LogP contribution in [0.2, 0.25) is 0 Å². The first-order valence-corrected chi connectivity index (χ1v) is 7.89. The summed E-state index contributed by atoms with van der Waals surface area (Å²) in [5.41, 5.74) is 1.11. The molecule has 0 aliphatic rings. The van der Waals surface area contributed by atoms with E-state index in [4.69, 9.17) is 0 Å². The van der Waals surface area contributed by atoms with Crippen molar-refractivity contribution in [3.8, 4) is 0 Å². The fourth-order valence-electron chi connectivity index (χ4n) is 3.99. The van der Waals surface area contributed by atoms with Crippen LogP contribution >= 0.6 is 0 Å². The van der Waals surface area contributed by atoms with Gasteiger partial charge in [0, 0.05) is 6.42 Å². The lowest BCUT2D eigenvalue weighted by Crippen LogP contribution is -1.93. The molecule has 0 N–H and O–H groups in total. The van der Waals surface area contributed by atoms with E-state index in [-0.39, 0.29) is 0 Å². The first-order valence-electron chi connectivity index (χ1n) is 7.89. The van der Waals surface area contributed by atoms with Gasteiger partial charge in [0.15, 0.2) is 0 Å². The summed E-state index contributed by atoms with van der Waals surface area (Å²) in [6, 6.07) is 23.7. The average molecular weight is 294 g/mol. The normalized spacial score (nSPS) is 11.8. The standard InChI is InChI=1S/C22H14O/c23-13-12-16-11-10-15-6-2-8-18-17-7-1-4-14-5-3-9-19(20(14)17)22(16)21(15)18/h1-11,13H,12H2. The molecule has 0 atom stereocenters. The predicted octanol–water partition coefficient (Wildman–Crippen LogP) is 5.48. The van der Waals surface area contributed by atoms with E-state index in [0.29, 0.717) is 6.42 Å². The van der Waals surface area contributed by atoms with Crippen LogP contribution in [0.15, 0.2) is 66.7 Å². The number of rotatable bonds is 2. The van der Waals surface area contributed by atoms with Crippen molar-refractivity contribution in [2.45, 2.75) is 6.42 Å². The van der Waals surface area contributed by atoms with Gasteiger partial charge in [-0.1, -0.05) is 66.7 Å².